The van der Waals surface area contributed by atoms with E-state index in [0.717, 1.165) is 33.5 Å². The summed E-state index contributed by atoms with van der Waals surface area (Å²) in [6, 6.07) is 37.2. The van der Waals surface area contributed by atoms with Gasteiger partial charge in [0.25, 0.3) is 0 Å². The molecule has 160 valence electrons. The van der Waals surface area contributed by atoms with Gasteiger partial charge in [-0.15, -0.1) is 0 Å². The molecule has 33 heavy (non-hydrogen) atoms. The van der Waals surface area contributed by atoms with Crippen molar-refractivity contribution in [2.45, 2.75) is 24.7 Å². The minimum atomic E-state index is -0.173. The Morgan fingerprint density at radius 2 is 1.27 bits per heavy atom. The molecule has 2 nitrogen and oxygen atoms in total. The van der Waals surface area contributed by atoms with Crippen LogP contribution in [0.15, 0.2) is 109 Å². The highest BCUT2D eigenvalue weighted by atomic mass is 16.3. The minimum Gasteiger partial charge on any atom is -0.508 e. The maximum atomic E-state index is 10.9. The van der Waals surface area contributed by atoms with Crippen molar-refractivity contribution in [1.29, 1.82) is 0 Å². The maximum absolute atomic E-state index is 10.9. The van der Waals surface area contributed by atoms with Crippen molar-refractivity contribution in [1.82, 2.24) is 4.98 Å². The van der Waals surface area contributed by atoms with Gasteiger partial charge in [0.2, 0.25) is 0 Å². The van der Waals surface area contributed by atoms with E-state index >= 15 is 0 Å². The highest BCUT2D eigenvalue weighted by molar-refractivity contribution is 5.94. The fourth-order valence-electron chi connectivity index (χ4n) is 4.99. The van der Waals surface area contributed by atoms with Crippen LogP contribution in [-0.4, -0.2) is 10.1 Å². The molecule has 1 heterocycles. The first kappa shape index (κ1) is 19.8. The van der Waals surface area contributed by atoms with Crippen molar-refractivity contribution < 1.29 is 5.11 Å². The first-order chi connectivity index (χ1) is 16.3. The van der Waals surface area contributed by atoms with Crippen molar-refractivity contribution in [2.24, 2.45) is 0 Å². The molecule has 1 saturated carbocycles. The third-order valence-corrected chi connectivity index (χ3v) is 6.67. The van der Waals surface area contributed by atoms with Crippen LogP contribution in [0.5, 0.6) is 5.75 Å². The summed E-state index contributed by atoms with van der Waals surface area (Å²) >= 11 is 0. The Morgan fingerprint density at radius 3 is 1.97 bits per heavy atom. The molecule has 1 aliphatic carbocycles. The predicted octanol–water partition coefficient (Wildman–Crippen LogP) is 7.67. The molecule has 0 amide bonds. The van der Waals surface area contributed by atoms with Crippen LogP contribution in [0, 0.1) is 0 Å². The lowest BCUT2D eigenvalue weighted by atomic mass is 9.84. The molecule has 0 saturated heterocycles. The van der Waals surface area contributed by atoms with Gasteiger partial charge in [-0.05, 0) is 41.3 Å². The van der Waals surface area contributed by atoms with Gasteiger partial charge < -0.3 is 5.11 Å². The van der Waals surface area contributed by atoms with Crippen LogP contribution < -0.4 is 0 Å². The van der Waals surface area contributed by atoms with Crippen LogP contribution in [0.4, 0.5) is 0 Å². The van der Waals surface area contributed by atoms with Crippen LogP contribution in [-0.2, 0) is 0 Å². The molecule has 6 rings (SSSR count). The van der Waals surface area contributed by atoms with Crippen molar-refractivity contribution >= 4 is 10.8 Å². The zero-order valence-corrected chi connectivity index (χ0v) is 18.4. The fourth-order valence-corrected chi connectivity index (χ4v) is 4.99. The number of aromatic hydroxyl groups is 1. The number of fused-ring (bicyclic) bond motifs is 1. The normalized spacial score (nSPS) is 14.3. The Kier molecular flexibility index (Phi) is 4.92. The molecule has 1 fully saturated rings. The molecule has 0 aliphatic heterocycles. The summed E-state index contributed by atoms with van der Waals surface area (Å²) in [6.45, 7) is 0. The third-order valence-electron chi connectivity index (χ3n) is 6.67. The van der Waals surface area contributed by atoms with Gasteiger partial charge in [0, 0.05) is 16.5 Å². The van der Waals surface area contributed by atoms with E-state index in [1.807, 2.05) is 24.3 Å². The van der Waals surface area contributed by atoms with Gasteiger partial charge in [-0.3, -0.25) is 4.98 Å². The lowest BCUT2D eigenvalue weighted by Crippen LogP contribution is -2.09. The van der Waals surface area contributed by atoms with E-state index < -0.39 is 0 Å². The molecule has 2 heteroatoms. The van der Waals surface area contributed by atoms with Gasteiger partial charge in [0.05, 0.1) is 17.3 Å². The number of hydrogen-bond donors (Lipinski definition) is 1. The molecule has 0 bridgehead atoms. The van der Waals surface area contributed by atoms with Crippen molar-refractivity contribution in [3.63, 3.8) is 0 Å². The molecule has 0 spiro atoms. The average Bonchev–Trinajstić information content (AvgIpc) is 3.71. The van der Waals surface area contributed by atoms with Gasteiger partial charge in [0.1, 0.15) is 5.75 Å². The quantitative estimate of drug-likeness (QED) is 0.312. The van der Waals surface area contributed by atoms with Crippen LogP contribution in [0.25, 0.3) is 22.0 Å². The summed E-state index contributed by atoms with van der Waals surface area (Å²) in [7, 11) is 0. The number of hydrogen-bond acceptors (Lipinski definition) is 2. The van der Waals surface area contributed by atoms with Crippen LogP contribution in [0.3, 0.4) is 0 Å². The fraction of sp³-hybridized carbons (Fsp3) is 0.129. The van der Waals surface area contributed by atoms with Crippen molar-refractivity contribution in [3.8, 4) is 17.0 Å². The van der Waals surface area contributed by atoms with Crippen molar-refractivity contribution in [3.05, 3.63) is 132 Å². The van der Waals surface area contributed by atoms with Gasteiger partial charge in [-0.2, -0.15) is 0 Å². The molecule has 4 aromatic carbocycles. The zero-order chi connectivity index (χ0) is 22.2. The predicted molar refractivity (Wildman–Crippen MR) is 135 cm³/mol. The zero-order valence-electron chi connectivity index (χ0n) is 18.4. The second kappa shape index (κ2) is 8.22. The summed E-state index contributed by atoms with van der Waals surface area (Å²) in [6.07, 6.45) is 2.43. The molecule has 1 aromatic heterocycles. The van der Waals surface area contributed by atoms with Gasteiger partial charge in [-0.1, -0.05) is 103 Å². The molecular formula is C31H25NO. The van der Waals surface area contributed by atoms with Gasteiger partial charge in [-0.25, -0.2) is 0 Å². The third kappa shape index (κ3) is 3.58. The van der Waals surface area contributed by atoms with E-state index in [2.05, 4.69) is 78.9 Å². The highest BCUT2D eigenvalue weighted by Crippen LogP contribution is 2.49. The molecule has 5 aromatic rings. The molecule has 1 N–H and O–H groups in total. The van der Waals surface area contributed by atoms with E-state index in [1.54, 1.807) is 6.07 Å². The van der Waals surface area contributed by atoms with Crippen LogP contribution in [0.1, 0.15) is 47.1 Å². The Balaban J connectivity index is 1.71. The van der Waals surface area contributed by atoms with E-state index in [-0.39, 0.29) is 5.92 Å². The Hall–Kier alpha value is -3.91. The summed E-state index contributed by atoms with van der Waals surface area (Å²) in [4.78, 5) is 5.42. The topological polar surface area (TPSA) is 33.1 Å². The number of phenolic OH excluding ortho intramolecular Hbond substituents is 1. The van der Waals surface area contributed by atoms with E-state index in [0.29, 0.717) is 11.7 Å². The Bertz CT molecular complexity index is 1420. The molecule has 1 atom stereocenters. The van der Waals surface area contributed by atoms with E-state index in [1.165, 1.54) is 23.8 Å². The smallest absolute Gasteiger partial charge is 0.119 e. The summed E-state index contributed by atoms with van der Waals surface area (Å²) in [5.74, 6) is 0.685. The second-order valence-electron chi connectivity index (χ2n) is 8.85. The van der Waals surface area contributed by atoms with E-state index in [4.69, 9.17) is 4.98 Å². The summed E-state index contributed by atoms with van der Waals surface area (Å²) in [5, 5.41) is 13.3. The van der Waals surface area contributed by atoms with Crippen LogP contribution >= 0.6 is 0 Å². The standard InChI is InChI=1S/C31H25NO/c33-27-18-10-9-17-26(27)29(21-11-3-1-4-12-21)31-25-16-8-7-15-24(25)28(22-19-20-22)30(32-31)23-13-5-2-6-14-23/h1-18,22,29,33H,19-20H2. The summed E-state index contributed by atoms with van der Waals surface area (Å²) in [5.41, 5.74) is 6.57. The molecule has 1 unspecified atom stereocenters. The highest BCUT2D eigenvalue weighted by Gasteiger charge is 2.32. The van der Waals surface area contributed by atoms with Crippen LogP contribution in [0.2, 0.25) is 0 Å². The largest absolute Gasteiger partial charge is 0.508 e. The molecule has 0 radical (unpaired) electrons. The number of rotatable bonds is 5. The Morgan fingerprint density at radius 1 is 0.667 bits per heavy atom. The van der Waals surface area contributed by atoms with E-state index in [9.17, 15) is 5.11 Å². The number of para-hydroxylation sites is 1. The number of benzene rings is 4. The lowest BCUT2D eigenvalue weighted by Gasteiger charge is -2.23. The molecule has 1 aliphatic rings. The second-order valence-corrected chi connectivity index (χ2v) is 8.85. The average molecular weight is 428 g/mol. The monoisotopic (exact) mass is 427 g/mol. The Labute approximate surface area is 194 Å². The molecular weight excluding hydrogens is 402 g/mol. The number of pyridine rings is 1. The lowest BCUT2D eigenvalue weighted by molar-refractivity contribution is 0.467. The van der Waals surface area contributed by atoms with Gasteiger partial charge in [0.15, 0.2) is 0 Å². The minimum absolute atomic E-state index is 0.173. The SMILES string of the molecule is Oc1ccccc1C(c1ccccc1)c1nc(-c2ccccc2)c(C2CC2)c2ccccc12. The number of aromatic nitrogens is 1. The summed E-state index contributed by atoms with van der Waals surface area (Å²) < 4.78 is 0. The first-order valence-corrected chi connectivity index (χ1v) is 11.6. The number of phenols is 1. The van der Waals surface area contributed by atoms with Gasteiger partial charge >= 0.3 is 0 Å². The van der Waals surface area contributed by atoms with Crippen molar-refractivity contribution in [2.75, 3.05) is 0 Å². The first-order valence-electron chi connectivity index (χ1n) is 11.6. The maximum Gasteiger partial charge on any atom is 0.119 e. The number of nitrogens with zero attached hydrogens (tertiary/aromatic N) is 1.